The third-order valence-electron chi connectivity index (χ3n) is 6.38. The molecule has 0 radical (unpaired) electrons. The molecule has 10 heteroatoms. The van der Waals surface area contributed by atoms with Gasteiger partial charge in [-0.2, -0.15) is 20.1 Å². The van der Waals surface area contributed by atoms with Gasteiger partial charge < -0.3 is 19.3 Å². The summed E-state index contributed by atoms with van der Waals surface area (Å²) >= 11 is 0. The topological polar surface area (TPSA) is 88.0 Å². The number of halogens is 1. The maximum absolute atomic E-state index is 14.0. The van der Waals surface area contributed by atoms with Crippen molar-refractivity contribution >= 4 is 24.1 Å². The summed E-state index contributed by atoms with van der Waals surface area (Å²) in [5.74, 6) is 2.62. The molecule has 3 aromatic rings. The number of benzene rings is 2. The molecule has 2 aromatic carbocycles. The summed E-state index contributed by atoms with van der Waals surface area (Å²) in [5, 5.41) is 4.37. The van der Waals surface area contributed by atoms with Gasteiger partial charge in [-0.05, 0) is 62.4 Å². The van der Waals surface area contributed by atoms with Gasteiger partial charge in [0.15, 0.2) is 11.5 Å². The predicted octanol–water partition coefficient (Wildman–Crippen LogP) is 4.63. The van der Waals surface area contributed by atoms with Crippen molar-refractivity contribution in [1.82, 2.24) is 15.0 Å². The molecule has 5 rings (SSSR count). The van der Waals surface area contributed by atoms with Crippen molar-refractivity contribution < 1.29 is 13.9 Å². The monoisotopic (exact) mass is 505 g/mol. The summed E-state index contributed by atoms with van der Waals surface area (Å²) < 4.78 is 25.6. The molecule has 37 heavy (non-hydrogen) atoms. The molecule has 194 valence electrons. The Kier molecular flexibility index (Phi) is 7.93. The number of nitrogens with one attached hydrogen (secondary N) is 1. The van der Waals surface area contributed by atoms with Gasteiger partial charge in [-0.3, -0.25) is 0 Å². The van der Waals surface area contributed by atoms with E-state index >= 15 is 0 Å². The number of anilines is 3. The summed E-state index contributed by atoms with van der Waals surface area (Å²) in [6.45, 7) is 6.31. The molecule has 3 heterocycles. The number of hydrogen-bond donors (Lipinski definition) is 1. The van der Waals surface area contributed by atoms with E-state index in [-0.39, 0.29) is 12.4 Å². The molecular formula is C27H32FN7O2. The van der Waals surface area contributed by atoms with Crippen LogP contribution in [0.15, 0.2) is 47.6 Å². The first-order chi connectivity index (χ1) is 18.2. The molecule has 0 atom stereocenters. The van der Waals surface area contributed by atoms with Gasteiger partial charge in [0.05, 0.1) is 12.8 Å². The molecular weight excluding hydrogens is 473 g/mol. The maximum Gasteiger partial charge on any atom is 0.250 e. The Bertz CT molecular complexity index is 1190. The first kappa shape index (κ1) is 24.7. The Morgan fingerprint density at radius 1 is 0.892 bits per heavy atom. The van der Waals surface area contributed by atoms with Crippen LogP contribution in [0.25, 0.3) is 0 Å². The molecule has 0 spiro atoms. The first-order valence-corrected chi connectivity index (χ1v) is 12.9. The Morgan fingerprint density at radius 2 is 1.57 bits per heavy atom. The van der Waals surface area contributed by atoms with E-state index in [1.807, 2.05) is 19.1 Å². The molecule has 0 saturated carbocycles. The van der Waals surface area contributed by atoms with Crippen LogP contribution < -0.4 is 24.7 Å². The summed E-state index contributed by atoms with van der Waals surface area (Å²) in [6.07, 6.45) is 6.27. The van der Waals surface area contributed by atoms with Crippen LogP contribution in [0.4, 0.5) is 22.2 Å². The first-order valence-electron chi connectivity index (χ1n) is 12.9. The van der Waals surface area contributed by atoms with Crippen LogP contribution in [0.5, 0.6) is 11.5 Å². The highest BCUT2D eigenvalue weighted by Crippen LogP contribution is 2.29. The van der Waals surface area contributed by atoms with Crippen molar-refractivity contribution in [2.75, 3.05) is 48.0 Å². The fourth-order valence-corrected chi connectivity index (χ4v) is 4.45. The lowest BCUT2D eigenvalue weighted by atomic mass is 10.2. The SMILES string of the molecule is CCOc1cc(/C=N/Nc2nc(N3CCCC3)nc(N3CCCC3)n2)ccc1OCc1ccccc1F. The van der Waals surface area contributed by atoms with Crippen molar-refractivity contribution in [3.8, 4) is 11.5 Å². The third-order valence-corrected chi connectivity index (χ3v) is 6.38. The van der Waals surface area contributed by atoms with Crippen LogP contribution in [-0.2, 0) is 6.61 Å². The second-order valence-corrected chi connectivity index (χ2v) is 9.04. The summed E-state index contributed by atoms with van der Waals surface area (Å²) in [4.78, 5) is 18.4. The number of hydrazone groups is 1. The maximum atomic E-state index is 14.0. The lowest BCUT2D eigenvalue weighted by Gasteiger charge is -2.20. The molecule has 0 unspecified atom stereocenters. The average Bonchev–Trinajstić information content (AvgIpc) is 3.64. The van der Waals surface area contributed by atoms with Gasteiger partial charge in [0.2, 0.25) is 17.8 Å². The van der Waals surface area contributed by atoms with Crippen LogP contribution in [0.1, 0.15) is 43.7 Å². The molecule has 0 amide bonds. The number of nitrogens with zero attached hydrogens (tertiary/aromatic N) is 6. The molecule has 0 bridgehead atoms. The van der Waals surface area contributed by atoms with E-state index < -0.39 is 0 Å². The number of rotatable bonds is 10. The van der Waals surface area contributed by atoms with E-state index in [1.165, 1.54) is 6.07 Å². The fraction of sp³-hybridized carbons (Fsp3) is 0.407. The van der Waals surface area contributed by atoms with E-state index in [4.69, 9.17) is 14.5 Å². The Hall–Kier alpha value is -3.95. The predicted molar refractivity (Wildman–Crippen MR) is 142 cm³/mol. The second kappa shape index (κ2) is 11.9. The van der Waals surface area contributed by atoms with E-state index in [2.05, 4.69) is 30.3 Å². The second-order valence-electron chi connectivity index (χ2n) is 9.04. The van der Waals surface area contributed by atoms with Gasteiger partial charge in [0.25, 0.3) is 0 Å². The average molecular weight is 506 g/mol. The minimum atomic E-state index is -0.297. The minimum absolute atomic E-state index is 0.111. The highest BCUT2D eigenvalue weighted by atomic mass is 19.1. The molecule has 2 aliphatic rings. The Labute approximate surface area is 216 Å². The molecule has 2 fully saturated rings. The van der Waals surface area contributed by atoms with Crippen LogP contribution in [0.2, 0.25) is 0 Å². The molecule has 2 aliphatic heterocycles. The normalized spacial score (nSPS) is 15.5. The number of aromatic nitrogens is 3. The van der Waals surface area contributed by atoms with Crippen molar-refractivity contribution in [3.05, 3.63) is 59.4 Å². The van der Waals surface area contributed by atoms with Gasteiger partial charge in [-0.15, -0.1) is 0 Å². The number of hydrogen-bond acceptors (Lipinski definition) is 9. The Balaban J connectivity index is 1.29. The molecule has 0 aliphatic carbocycles. The minimum Gasteiger partial charge on any atom is -0.490 e. The summed E-state index contributed by atoms with van der Waals surface area (Å²) in [5.41, 5.74) is 4.27. The van der Waals surface area contributed by atoms with Crippen LogP contribution in [0.3, 0.4) is 0 Å². The zero-order chi connectivity index (χ0) is 25.5. The van der Waals surface area contributed by atoms with Crippen molar-refractivity contribution in [2.24, 2.45) is 5.10 Å². The zero-order valence-corrected chi connectivity index (χ0v) is 21.1. The lowest BCUT2D eigenvalue weighted by molar-refractivity contribution is 0.266. The van der Waals surface area contributed by atoms with E-state index in [1.54, 1.807) is 30.5 Å². The van der Waals surface area contributed by atoms with E-state index in [0.29, 0.717) is 41.5 Å². The quantitative estimate of drug-likeness (QED) is 0.315. The van der Waals surface area contributed by atoms with Gasteiger partial charge in [-0.1, -0.05) is 18.2 Å². The van der Waals surface area contributed by atoms with Gasteiger partial charge in [0.1, 0.15) is 12.4 Å². The molecule has 9 nitrogen and oxygen atoms in total. The zero-order valence-electron chi connectivity index (χ0n) is 21.1. The van der Waals surface area contributed by atoms with Gasteiger partial charge >= 0.3 is 0 Å². The number of ether oxygens (including phenoxy) is 2. The molecule has 1 N–H and O–H groups in total. The molecule has 2 saturated heterocycles. The highest BCUT2D eigenvalue weighted by Gasteiger charge is 2.21. The standard InChI is InChI=1S/C27H32FN7O2/c1-2-36-24-17-20(11-12-23(24)37-19-21-9-3-4-10-22(21)28)18-29-33-25-30-26(34-13-5-6-14-34)32-27(31-25)35-15-7-8-16-35/h3-4,9-12,17-18H,2,5-8,13-16,19H2,1H3,(H,30,31,32,33)/b29-18+. The van der Waals surface area contributed by atoms with Gasteiger partial charge in [0, 0.05) is 31.7 Å². The largest absolute Gasteiger partial charge is 0.490 e. The van der Waals surface area contributed by atoms with Crippen LogP contribution in [0, 0.1) is 5.82 Å². The molecule has 1 aromatic heterocycles. The van der Waals surface area contributed by atoms with Gasteiger partial charge in [-0.25, -0.2) is 9.82 Å². The van der Waals surface area contributed by atoms with E-state index in [9.17, 15) is 4.39 Å². The third kappa shape index (κ3) is 6.25. The van der Waals surface area contributed by atoms with Crippen molar-refractivity contribution in [1.29, 1.82) is 0 Å². The summed E-state index contributed by atoms with van der Waals surface area (Å²) in [7, 11) is 0. The smallest absolute Gasteiger partial charge is 0.250 e. The van der Waals surface area contributed by atoms with Crippen LogP contribution in [-0.4, -0.2) is 54.0 Å². The lowest BCUT2D eigenvalue weighted by Crippen LogP contribution is -2.25. The Morgan fingerprint density at radius 3 is 2.22 bits per heavy atom. The fourth-order valence-electron chi connectivity index (χ4n) is 4.45. The van der Waals surface area contributed by atoms with Crippen molar-refractivity contribution in [3.63, 3.8) is 0 Å². The highest BCUT2D eigenvalue weighted by molar-refractivity contribution is 5.81. The van der Waals surface area contributed by atoms with Crippen molar-refractivity contribution in [2.45, 2.75) is 39.2 Å². The van der Waals surface area contributed by atoms with Crippen LogP contribution >= 0.6 is 0 Å². The van der Waals surface area contributed by atoms with E-state index in [0.717, 1.165) is 57.4 Å². The summed E-state index contributed by atoms with van der Waals surface area (Å²) in [6, 6.07) is 12.1.